The molecule has 0 bridgehead atoms. The van der Waals surface area contributed by atoms with Gasteiger partial charge in [0.1, 0.15) is 6.29 Å². The highest BCUT2D eigenvalue weighted by molar-refractivity contribution is 5.53. The van der Waals surface area contributed by atoms with E-state index in [2.05, 4.69) is 5.92 Å². The first-order chi connectivity index (χ1) is 3.31. The van der Waals surface area contributed by atoms with Crippen molar-refractivity contribution in [1.29, 1.82) is 0 Å². The van der Waals surface area contributed by atoms with E-state index in [0.29, 0.717) is 6.42 Å². The fraction of sp³-hybridized carbons (Fsp3) is 0.500. The predicted molar refractivity (Wildman–Crippen MR) is 28.7 cm³/mol. The molecular formula is C6H8O. The van der Waals surface area contributed by atoms with Crippen LogP contribution < -0.4 is 0 Å². The Labute approximate surface area is 43.7 Å². The summed E-state index contributed by atoms with van der Waals surface area (Å²) in [5, 5.41) is 0. The molecule has 38 valence electrons. The third-order valence-electron chi connectivity index (χ3n) is 0.672. The van der Waals surface area contributed by atoms with Crippen LogP contribution >= 0.6 is 0 Å². The molecule has 0 saturated carbocycles. The molecule has 0 fully saturated rings. The van der Waals surface area contributed by atoms with Gasteiger partial charge in [-0.1, -0.05) is 6.92 Å². The summed E-state index contributed by atoms with van der Waals surface area (Å²) >= 11 is 0. The van der Waals surface area contributed by atoms with Crippen LogP contribution in [0.4, 0.5) is 0 Å². The van der Waals surface area contributed by atoms with E-state index in [1.165, 1.54) is 0 Å². The summed E-state index contributed by atoms with van der Waals surface area (Å²) in [7, 11) is 0. The van der Waals surface area contributed by atoms with Crippen LogP contribution in [0.3, 0.4) is 0 Å². The average molecular weight is 96.1 g/mol. The first-order valence-corrected chi connectivity index (χ1v) is 2.20. The van der Waals surface area contributed by atoms with Gasteiger partial charge in [0.15, 0.2) is 0 Å². The molecule has 0 heterocycles. The number of carbonyl (C=O) groups excluding carboxylic acids is 1. The van der Waals surface area contributed by atoms with E-state index in [1.807, 2.05) is 0 Å². The lowest BCUT2D eigenvalue weighted by Gasteiger charge is -1.89. The van der Waals surface area contributed by atoms with E-state index in [-0.39, 0.29) is 5.92 Å². The first kappa shape index (κ1) is 6.23. The quantitative estimate of drug-likeness (QED) is 0.368. The zero-order chi connectivity index (χ0) is 5.70. The number of hydrogen-bond donors (Lipinski definition) is 0. The Bertz CT molecular complexity index is 88.8. The monoisotopic (exact) mass is 96.1 g/mol. The maximum absolute atomic E-state index is 9.80. The van der Waals surface area contributed by atoms with Gasteiger partial charge in [-0.15, -0.1) is 12.3 Å². The minimum absolute atomic E-state index is 0.0324. The smallest absolute Gasteiger partial charge is 0.123 e. The molecule has 1 nitrogen and oxygen atoms in total. The Balaban J connectivity index is 3.21. The molecular weight excluding hydrogens is 88.1 g/mol. The van der Waals surface area contributed by atoms with Crippen molar-refractivity contribution in [3.63, 3.8) is 0 Å². The largest absolute Gasteiger partial charge is 0.303 e. The Morgan fingerprint density at radius 3 is 2.71 bits per heavy atom. The molecule has 0 aromatic carbocycles. The van der Waals surface area contributed by atoms with E-state index in [1.54, 1.807) is 6.92 Å². The molecule has 1 atom stereocenters. The summed E-state index contributed by atoms with van der Waals surface area (Å²) < 4.78 is 0. The van der Waals surface area contributed by atoms with Crippen molar-refractivity contribution in [2.45, 2.75) is 13.3 Å². The number of rotatable bonds is 2. The van der Waals surface area contributed by atoms with E-state index in [9.17, 15) is 4.79 Å². The van der Waals surface area contributed by atoms with Crippen LogP contribution in [0, 0.1) is 18.3 Å². The molecule has 0 unspecified atom stereocenters. The van der Waals surface area contributed by atoms with Crippen molar-refractivity contribution >= 4 is 6.29 Å². The molecule has 0 aliphatic rings. The second-order valence-electron chi connectivity index (χ2n) is 1.52. The molecule has 7 heavy (non-hydrogen) atoms. The van der Waals surface area contributed by atoms with Crippen LogP contribution in [0.5, 0.6) is 0 Å². The Hall–Kier alpha value is -0.770. The minimum Gasteiger partial charge on any atom is -0.303 e. The second-order valence-corrected chi connectivity index (χ2v) is 1.52. The highest BCUT2D eigenvalue weighted by atomic mass is 16.1. The van der Waals surface area contributed by atoms with Crippen LogP contribution in [0.2, 0.25) is 0 Å². The molecule has 0 radical (unpaired) electrons. The fourth-order valence-electron chi connectivity index (χ4n) is 0.234. The van der Waals surface area contributed by atoms with Crippen LogP contribution in [0.15, 0.2) is 0 Å². The molecule has 0 saturated heterocycles. The normalized spacial score (nSPS) is 12.0. The lowest BCUT2D eigenvalue weighted by molar-refractivity contribution is -0.110. The highest BCUT2D eigenvalue weighted by Crippen LogP contribution is 1.92. The molecule has 0 amide bonds. The fourth-order valence-corrected chi connectivity index (χ4v) is 0.234. The molecule has 0 spiro atoms. The van der Waals surface area contributed by atoms with E-state index in [4.69, 9.17) is 6.42 Å². The molecule has 0 aromatic heterocycles. The van der Waals surface area contributed by atoms with Gasteiger partial charge in [-0.25, -0.2) is 0 Å². The molecule has 0 aliphatic carbocycles. The standard InChI is InChI=1S/C6H8O/c1-3-4-6(2)5-7/h1,5-6H,4H2,2H3/t6-/m0/s1. The average Bonchev–Trinajstić information content (AvgIpc) is 1.68. The van der Waals surface area contributed by atoms with Crippen molar-refractivity contribution < 1.29 is 4.79 Å². The summed E-state index contributed by atoms with van der Waals surface area (Å²) in [6, 6.07) is 0. The lowest BCUT2D eigenvalue weighted by Crippen LogP contribution is -1.91. The van der Waals surface area contributed by atoms with Gasteiger partial charge in [0, 0.05) is 12.3 Å². The van der Waals surface area contributed by atoms with Gasteiger partial charge in [0.05, 0.1) is 0 Å². The topological polar surface area (TPSA) is 17.1 Å². The van der Waals surface area contributed by atoms with Gasteiger partial charge >= 0.3 is 0 Å². The van der Waals surface area contributed by atoms with Crippen molar-refractivity contribution in [2.24, 2.45) is 5.92 Å². The second kappa shape index (κ2) is 3.42. The van der Waals surface area contributed by atoms with Crippen LogP contribution in [0.25, 0.3) is 0 Å². The third-order valence-corrected chi connectivity index (χ3v) is 0.672. The predicted octanol–water partition coefficient (Wildman–Crippen LogP) is 0.845. The number of aldehydes is 1. The molecule has 0 rings (SSSR count). The first-order valence-electron chi connectivity index (χ1n) is 2.20. The van der Waals surface area contributed by atoms with Crippen LogP contribution in [-0.2, 0) is 4.79 Å². The minimum atomic E-state index is 0.0324. The SMILES string of the molecule is C#CC[C@H](C)C=O. The van der Waals surface area contributed by atoms with Gasteiger partial charge < -0.3 is 4.79 Å². The zero-order valence-corrected chi connectivity index (χ0v) is 4.35. The maximum atomic E-state index is 9.80. The number of carbonyl (C=O) groups is 1. The van der Waals surface area contributed by atoms with Gasteiger partial charge in [-0.05, 0) is 0 Å². The Kier molecular flexibility index (Phi) is 3.04. The van der Waals surface area contributed by atoms with Crippen molar-refractivity contribution in [3.05, 3.63) is 0 Å². The van der Waals surface area contributed by atoms with Gasteiger partial charge in [0.25, 0.3) is 0 Å². The Morgan fingerprint density at radius 1 is 2.00 bits per heavy atom. The van der Waals surface area contributed by atoms with E-state index >= 15 is 0 Å². The van der Waals surface area contributed by atoms with E-state index < -0.39 is 0 Å². The summed E-state index contributed by atoms with van der Waals surface area (Å²) in [4.78, 5) is 9.80. The van der Waals surface area contributed by atoms with Crippen molar-refractivity contribution in [2.75, 3.05) is 0 Å². The highest BCUT2D eigenvalue weighted by Gasteiger charge is 1.91. The molecule has 0 aromatic rings. The van der Waals surface area contributed by atoms with Gasteiger partial charge in [0.2, 0.25) is 0 Å². The lowest BCUT2D eigenvalue weighted by atomic mass is 10.1. The zero-order valence-electron chi connectivity index (χ0n) is 4.35. The summed E-state index contributed by atoms with van der Waals surface area (Å²) in [5.74, 6) is 2.42. The summed E-state index contributed by atoms with van der Waals surface area (Å²) in [5.41, 5.74) is 0. The number of terminal acetylenes is 1. The summed E-state index contributed by atoms with van der Waals surface area (Å²) in [6.45, 7) is 1.80. The molecule has 1 heteroatoms. The van der Waals surface area contributed by atoms with E-state index in [0.717, 1.165) is 6.29 Å². The van der Waals surface area contributed by atoms with Gasteiger partial charge in [-0.3, -0.25) is 0 Å². The van der Waals surface area contributed by atoms with Crippen molar-refractivity contribution in [1.82, 2.24) is 0 Å². The Morgan fingerprint density at radius 2 is 2.57 bits per heavy atom. The van der Waals surface area contributed by atoms with Crippen LogP contribution in [-0.4, -0.2) is 6.29 Å². The maximum Gasteiger partial charge on any atom is 0.123 e. The summed E-state index contributed by atoms with van der Waals surface area (Å²) in [6.07, 6.45) is 6.32. The number of hydrogen-bond acceptors (Lipinski definition) is 1. The molecule has 0 aliphatic heterocycles. The van der Waals surface area contributed by atoms with Crippen molar-refractivity contribution in [3.8, 4) is 12.3 Å². The van der Waals surface area contributed by atoms with Gasteiger partial charge in [-0.2, -0.15) is 0 Å². The van der Waals surface area contributed by atoms with Crippen LogP contribution in [0.1, 0.15) is 13.3 Å². The third kappa shape index (κ3) is 3.05. The molecule has 0 N–H and O–H groups in total.